The highest BCUT2D eigenvalue weighted by molar-refractivity contribution is 5.85. The summed E-state index contributed by atoms with van der Waals surface area (Å²) in [5.41, 5.74) is 6.37. The molecular weight excluding hydrogens is 246 g/mol. The monoisotopic (exact) mass is 263 g/mol. The van der Waals surface area contributed by atoms with Crippen LogP contribution in [0.3, 0.4) is 0 Å². The molecule has 1 aromatic heterocycles. The molecule has 3 rings (SSSR count). The smallest absolute Gasteiger partial charge is 0.0731 e. The van der Waals surface area contributed by atoms with Crippen LogP contribution in [0.15, 0.2) is 60.9 Å². The Labute approximate surface area is 118 Å². The van der Waals surface area contributed by atoms with Crippen LogP contribution in [-0.2, 0) is 0 Å². The summed E-state index contributed by atoms with van der Waals surface area (Å²) in [6, 6.07) is 16.5. The second-order valence-corrected chi connectivity index (χ2v) is 4.96. The second-order valence-electron chi connectivity index (χ2n) is 4.96. The zero-order valence-electron chi connectivity index (χ0n) is 11.4. The van der Waals surface area contributed by atoms with Crippen molar-refractivity contribution in [3.05, 3.63) is 77.6 Å². The Morgan fingerprint density at radius 3 is 2.50 bits per heavy atom. The van der Waals surface area contributed by atoms with Gasteiger partial charge in [0.1, 0.15) is 0 Å². The molecule has 0 aliphatic rings. The topological polar surface area (TPSA) is 50.9 Å². The van der Waals surface area contributed by atoms with Gasteiger partial charge in [-0.2, -0.15) is 0 Å². The van der Waals surface area contributed by atoms with Gasteiger partial charge in [0.15, 0.2) is 0 Å². The molecule has 100 valence electrons. The van der Waals surface area contributed by atoms with E-state index in [9.17, 15) is 0 Å². The van der Waals surface area contributed by atoms with Crippen molar-refractivity contribution in [3.8, 4) is 0 Å². The third-order valence-corrected chi connectivity index (χ3v) is 3.59. The van der Waals surface area contributed by atoms with Crippen LogP contribution in [0.2, 0.25) is 0 Å². The number of aromatic nitrogens is 1. The van der Waals surface area contributed by atoms with Crippen LogP contribution in [-0.4, -0.2) is 4.98 Å². The Balaban J connectivity index is 2.14. The van der Waals surface area contributed by atoms with Gasteiger partial charge in [0.2, 0.25) is 0 Å². The van der Waals surface area contributed by atoms with Gasteiger partial charge in [-0.05, 0) is 17.9 Å². The number of fused-ring (bicyclic) bond motifs is 1. The molecule has 0 aliphatic heterocycles. The molecule has 0 bridgehead atoms. The molecule has 0 aliphatic carbocycles. The molecule has 0 amide bonds. The van der Waals surface area contributed by atoms with Crippen molar-refractivity contribution < 1.29 is 0 Å². The number of rotatable bonds is 3. The van der Waals surface area contributed by atoms with E-state index in [0.717, 1.165) is 16.5 Å². The molecule has 0 saturated carbocycles. The fraction of sp³-hybridized carbons (Fsp3) is 0.118. The average molecular weight is 263 g/mol. The molecule has 3 N–H and O–H groups in total. The lowest BCUT2D eigenvalue weighted by Crippen LogP contribution is -2.29. The molecule has 1 atom stereocenters. The minimum absolute atomic E-state index is 0.0609. The molecule has 20 heavy (non-hydrogen) atoms. The van der Waals surface area contributed by atoms with Gasteiger partial charge in [0.25, 0.3) is 0 Å². The molecule has 0 spiro atoms. The fourth-order valence-corrected chi connectivity index (χ4v) is 2.49. The van der Waals surface area contributed by atoms with E-state index >= 15 is 0 Å². The number of hydrogen-bond acceptors (Lipinski definition) is 3. The summed E-state index contributed by atoms with van der Waals surface area (Å²) in [6.45, 7) is 2.08. The minimum atomic E-state index is -0.0609. The van der Waals surface area contributed by atoms with E-state index < -0.39 is 0 Å². The number of nitrogens with zero attached hydrogens (tertiary/aromatic N) is 1. The Morgan fingerprint density at radius 2 is 1.75 bits per heavy atom. The number of hydrogen-bond donors (Lipinski definition) is 2. The van der Waals surface area contributed by atoms with E-state index in [1.807, 2.05) is 24.5 Å². The lowest BCUT2D eigenvalue weighted by Gasteiger charge is -2.18. The number of pyridine rings is 1. The highest BCUT2D eigenvalue weighted by Gasteiger charge is 2.15. The summed E-state index contributed by atoms with van der Waals surface area (Å²) in [7, 11) is 0. The predicted molar refractivity (Wildman–Crippen MR) is 82.1 cm³/mol. The maximum absolute atomic E-state index is 5.79. The summed E-state index contributed by atoms with van der Waals surface area (Å²) in [5.74, 6) is 5.79. The Kier molecular flexibility index (Phi) is 3.46. The first-order valence-corrected chi connectivity index (χ1v) is 6.65. The fourth-order valence-electron chi connectivity index (χ4n) is 2.49. The maximum Gasteiger partial charge on any atom is 0.0731 e. The van der Waals surface area contributed by atoms with Crippen LogP contribution in [0.4, 0.5) is 0 Å². The maximum atomic E-state index is 5.79. The lowest BCUT2D eigenvalue weighted by atomic mass is 9.96. The number of nitrogens with one attached hydrogen (secondary N) is 1. The summed E-state index contributed by atoms with van der Waals surface area (Å²) < 4.78 is 0. The second kappa shape index (κ2) is 5.41. The first-order valence-electron chi connectivity index (χ1n) is 6.65. The molecule has 0 radical (unpaired) electrons. The van der Waals surface area contributed by atoms with Gasteiger partial charge in [-0.3, -0.25) is 10.8 Å². The highest BCUT2D eigenvalue weighted by atomic mass is 15.2. The lowest BCUT2D eigenvalue weighted by molar-refractivity contribution is 0.639. The predicted octanol–water partition coefficient (Wildman–Crippen LogP) is 3.10. The van der Waals surface area contributed by atoms with Crippen molar-refractivity contribution in [3.63, 3.8) is 0 Å². The van der Waals surface area contributed by atoms with Crippen LogP contribution in [0.5, 0.6) is 0 Å². The van der Waals surface area contributed by atoms with E-state index in [1.165, 1.54) is 10.9 Å². The molecule has 3 aromatic rings. The van der Waals surface area contributed by atoms with Gasteiger partial charge in [-0.1, -0.05) is 54.1 Å². The molecule has 0 saturated heterocycles. The van der Waals surface area contributed by atoms with Gasteiger partial charge >= 0.3 is 0 Å². The van der Waals surface area contributed by atoms with Crippen molar-refractivity contribution in [1.29, 1.82) is 0 Å². The number of nitrogens with two attached hydrogens (primary N) is 1. The minimum Gasteiger partial charge on any atom is -0.271 e. The van der Waals surface area contributed by atoms with E-state index in [1.54, 1.807) is 0 Å². The van der Waals surface area contributed by atoms with Gasteiger partial charge in [0.05, 0.1) is 6.04 Å². The Morgan fingerprint density at radius 1 is 1.00 bits per heavy atom. The zero-order valence-corrected chi connectivity index (χ0v) is 11.4. The number of hydrazine groups is 1. The SMILES string of the molecule is Cc1ccc(C(NN)c2cncc3ccccc23)cc1. The first kappa shape index (κ1) is 12.8. The van der Waals surface area contributed by atoms with E-state index in [4.69, 9.17) is 5.84 Å². The van der Waals surface area contributed by atoms with E-state index in [-0.39, 0.29) is 6.04 Å². The highest BCUT2D eigenvalue weighted by Crippen LogP contribution is 2.27. The summed E-state index contributed by atoms with van der Waals surface area (Å²) in [4.78, 5) is 4.33. The van der Waals surface area contributed by atoms with Crippen LogP contribution in [0, 0.1) is 6.92 Å². The third-order valence-electron chi connectivity index (χ3n) is 3.59. The molecule has 3 nitrogen and oxygen atoms in total. The Bertz CT molecular complexity index is 714. The van der Waals surface area contributed by atoms with Crippen LogP contribution < -0.4 is 11.3 Å². The van der Waals surface area contributed by atoms with Gasteiger partial charge < -0.3 is 0 Å². The third kappa shape index (κ3) is 2.29. The number of benzene rings is 2. The molecule has 2 aromatic carbocycles. The Hall–Kier alpha value is -2.23. The van der Waals surface area contributed by atoms with Crippen LogP contribution >= 0.6 is 0 Å². The van der Waals surface area contributed by atoms with Gasteiger partial charge in [-0.15, -0.1) is 0 Å². The van der Waals surface area contributed by atoms with E-state index in [0.29, 0.717) is 0 Å². The summed E-state index contributed by atoms with van der Waals surface area (Å²) in [5, 5.41) is 2.29. The average Bonchev–Trinajstić information content (AvgIpc) is 2.50. The molecule has 1 heterocycles. The summed E-state index contributed by atoms with van der Waals surface area (Å²) in [6.07, 6.45) is 3.76. The van der Waals surface area contributed by atoms with Crippen molar-refractivity contribution in [1.82, 2.24) is 10.4 Å². The summed E-state index contributed by atoms with van der Waals surface area (Å²) >= 11 is 0. The van der Waals surface area contributed by atoms with Crippen molar-refractivity contribution in [2.45, 2.75) is 13.0 Å². The first-order chi connectivity index (χ1) is 9.79. The zero-order chi connectivity index (χ0) is 13.9. The normalized spacial score (nSPS) is 12.5. The van der Waals surface area contributed by atoms with E-state index in [2.05, 4.69) is 53.7 Å². The molecule has 0 fully saturated rings. The largest absolute Gasteiger partial charge is 0.271 e. The molecule has 1 unspecified atom stereocenters. The van der Waals surface area contributed by atoms with Crippen LogP contribution in [0.25, 0.3) is 10.8 Å². The number of aryl methyl sites for hydroxylation is 1. The van der Waals surface area contributed by atoms with Crippen LogP contribution in [0.1, 0.15) is 22.7 Å². The van der Waals surface area contributed by atoms with Crippen molar-refractivity contribution >= 4 is 10.8 Å². The van der Waals surface area contributed by atoms with Crippen molar-refractivity contribution in [2.24, 2.45) is 5.84 Å². The standard InChI is InChI=1S/C17H17N3/c1-12-6-8-13(9-7-12)17(20-18)16-11-19-10-14-4-2-3-5-15(14)16/h2-11,17,20H,18H2,1H3. The molecule has 3 heteroatoms. The van der Waals surface area contributed by atoms with Gasteiger partial charge in [0, 0.05) is 23.3 Å². The quantitative estimate of drug-likeness (QED) is 0.564. The van der Waals surface area contributed by atoms with Crippen molar-refractivity contribution in [2.75, 3.05) is 0 Å². The van der Waals surface area contributed by atoms with Gasteiger partial charge in [-0.25, -0.2) is 5.43 Å². The molecular formula is C17H17N3.